The maximum absolute atomic E-state index is 14.6. The van der Waals surface area contributed by atoms with E-state index in [1.807, 2.05) is 36.4 Å². The summed E-state index contributed by atoms with van der Waals surface area (Å²) in [6, 6.07) is 13.3. The zero-order valence-electron chi connectivity index (χ0n) is 17.5. The number of ether oxygens (including phenoxy) is 1. The number of rotatable bonds is 7. The van der Waals surface area contributed by atoms with E-state index in [9.17, 15) is 9.50 Å². The quantitative estimate of drug-likeness (QED) is 0.723. The van der Waals surface area contributed by atoms with Crippen LogP contribution in [0.4, 0.5) is 15.8 Å². The molecule has 0 radical (unpaired) electrons. The summed E-state index contributed by atoms with van der Waals surface area (Å²) in [7, 11) is 0. The largest absolute Gasteiger partial charge is 0.387 e. The molecule has 2 saturated heterocycles. The van der Waals surface area contributed by atoms with E-state index in [1.54, 1.807) is 6.07 Å². The highest BCUT2D eigenvalue weighted by atomic mass is 19.1. The summed E-state index contributed by atoms with van der Waals surface area (Å²) in [5.74, 6) is -0.164. The van der Waals surface area contributed by atoms with Crippen LogP contribution in [-0.4, -0.2) is 55.9 Å². The molecular formula is C24H32FN3O2. The number of nitrogens with one attached hydrogen (secondary N) is 1. The highest BCUT2D eigenvalue weighted by Crippen LogP contribution is 2.23. The molecule has 6 heteroatoms. The number of benzene rings is 2. The van der Waals surface area contributed by atoms with Crippen LogP contribution in [0, 0.1) is 5.82 Å². The number of hydrogen-bond donors (Lipinski definition) is 2. The van der Waals surface area contributed by atoms with Crippen molar-refractivity contribution in [1.29, 1.82) is 0 Å². The third-order valence-electron chi connectivity index (χ3n) is 6.07. The van der Waals surface area contributed by atoms with Crippen LogP contribution in [0.2, 0.25) is 0 Å². The van der Waals surface area contributed by atoms with Crippen LogP contribution in [0.5, 0.6) is 0 Å². The minimum absolute atomic E-state index is 0.164. The van der Waals surface area contributed by atoms with Crippen LogP contribution in [0.15, 0.2) is 42.5 Å². The number of anilines is 2. The number of β-amino-alcohol motifs (C(OH)–C–C–N with tert-alkyl or cyclic N) is 1. The normalized spacial score (nSPS) is 18.9. The fourth-order valence-corrected chi connectivity index (χ4v) is 4.18. The van der Waals surface area contributed by atoms with Crippen LogP contribution in [0.1, 0.15) is 36.5 Å². The molecule has 2 heterocycles. The van der Waals surface area contributed by atoms with E-state index in [0.29, 0.717) is 18.7 Å². The molecule has 0 aliphatic carbocycles. The summed E-state index contributed by atoms with van der Waals surface area (Å²) in [5.41, 5.74) is 3.45. The van der Waals surface area contributed by atoms with Gasteiger partial charge >= 0.3 is 0 Å². The molecule has 2 fully saturated rings. The van der Waals surface area contributed by atoms with Gasteiger partial charge in [0.05, 0.1) is 19.3 Å². The monoisotopic (exact) mass is 413 g/mol. The Morgan fingerprint density at radius 2 is 1.70 bits per heavy atom. The molecule has 2 aromatic carbocycles. The minimum Gasteiger partial charge on any atom is -0.387 e. The van der Waals surface area contributed by atoms with E-state index < -0.39 is 6.10 Å². The van der Waals surface area contributed by atoms with Gasteiger partial charge in [-0.05, 0) is 49.1 Å². The van der Waals surface area contributed by atoms with Crippen molar-refractivity contribution in [2.24, 2.45) is 0 Å². The van der Waals surface area contributed by atoms with Crippen LogP contribution in [0.3, 0.4) is 0 Å². The molecule has 0 aromatic heterocycles. The van der Waals surface area contributed by atoms with Crippen molar-refractivity contribution in [2.75, 3.05) is 56.2 Å². The van der Waals surface area contributed by atoms with E-state index >= 15 is 0 Å². The first-order chi connectivity index (χ1) is 14.7. The molecule has 1 atom stereocenters. The van der Waals surface area contributed by atoms with Crippen molar-refractivity contribution in [1.82, 2.24) is 4.90 Å². The number of piperidine rings is 1. The van der Waals surface area contributed by atoms with E-state index in [0.717, 1.165) is 56.3 Å². The molecule has 30 heavy (non-hydrogen) atoms. The molecule has 0 spiro atoms. The molecule has 2 N–H and O–H groups in total. The highest BCUT2D eigenvalue weighted by molar-refractivity contribution is 5.50. The number of aliphatic hydroxyl groups excluding tert-OH is 1. The first-order valence-corrected chi connectivity index (χ1v) is 11.0. The molecule has 162 valence electrons. The van der Waals surface area contributed by atoms with Crippen LogP contribution >= 0.6 is 0 Å². The Kier molecular flexibility index (Phi) is 7.20. The molecule has 0 amide bonds. The molecule has 2 aromatic rings. The number of nitrogens with zero attached hydrogens (tertiary/aromatic N) is 2. The average Bonchev–Trinajstić information content (AvgIpc) is 2.80. The average molecular weight is 414 g/mol. The predicted molar refractivity (Wildman–Crippen MR) is 118 cm³/mol. The highest BCUT2D eigenvalue weighted by Gasteiger charge is 2.16. The second-order valence-corrected chi connectivity index (χ2v) is 8.23. The third-order valence-corrected chi connectivity index (χ3v) is 6.07. The van der Waals surface area contributed by atoms with Gasteiger partial charge in [0.25, 0.3) is 0 Å². The van der Waals surface area contributed by atoms with Gasteiger partial charge in [0.1, 0.15) is 5.82 Å². The molecule has 1 unspecified atom stereocenters. The van der Waals surface area contributed by atoms with Crippen LogP contribution in [-0.2, 0) is 11.3 Å². The Hall–Kier alpha value is -2.15. The van der Waals surface area contributed by atoms with Gasteiger partial charge in [-0.2, -0.15) is 0 Å². The predicted octanol–water partition coefficient (Wildman–Crippen LogP) is 3.79. The first kappa shape index (κ1) is 21.1. The van der Waals surface area contributed by atoms with E-state index in [1.165, 1.54) is 19.3 Å². The standard InChI is InChI=1S/C24H32FN3O2/c25-23-16-22(28-10-2-1-3-11-28)9-6-20(23)17-26-21-7-4-19(5-8-21)24(29)18-27-12-14-30-15-13-27/h4-9,16,24,26,29H,1-3,10-15,17-18H2. The van der Waals surface area contributed by atoms with Gasteiger partial charge in [-0.15, -0.1) is 0 Å². The van der Waals surface area contributed by atoms with Crippen molar-refractivity contribution >= 4 is 11.4 Å². The summed E-state index contributed by atoms with van der Waals surface area (Å²) in [6.07, 6.45) is 3.12. The van der Waals surface area contributed by atoms with Gasteiger partial charge in [0.2, 0.25) is 0 Å². The minimum atomic E-state index is -0.517. The summed E-state index contributed by atoms with van der Waals surface area (Å²) in [5, 5.41) is 13.8. The molecule has 0 bridgehead atoms. The summed E-state index contributed by atoms with van der Waals surface area (Å²) in [4.78, 5) is 4.49. The summed E-state index contributed by atoms with van der Waals surface area (Å²) in [6.45, 7) is 6.25. The van der Waals surface area contributed by atoms with Gasteiger partial charge in [0, 0.05) is 56.2 Å². The van der Waals surface area contributed by atoms with Crippen molar-refractivity contribution < 1.29 is 14.2 Å². The van der Waals surface area contributed by atoms with Crippen molar-refractivity contribution in [3.05, 3.63) is 59.4 Å². The maximum atomic E-state index is 14.6. The van der Waals surface area contributed by atoms with Crippen LogP contribution < -0.4 is 10.2 Å². The van der Waals surface area contributed by atoms with E-state index in [-0.39, 0.29) is 5.82 Å². The first-order valence-electron chi connectivity index (χ1n) is 11.0. The second kappa shape index (κ2) is 10.2. The summed E-state index contributed by atoms with van der Waals surface area (Å²) >= 11 is 0. The Morgan fingerprint density at radius 3 is 2.40 bits per heavy atom. The maximum Gasteiger partial charge on any atom is 0.130 e. The topological polar surface area (TPSA) is 48.0 Å². The van der Waals surface area contributed by atoms with Gasteiger partial charge in [-0.1, -0.05) is 18.2 Å². The lowest BCUT2D eigenvalue weighted by atomic mass is 10.1. The third kappa shape index (κ3) is 5.50. The second-order valence-electron chi connectivity index (χ2n) is 8.23. The van der Waals surface area contributed by atoms with Crippen LogP contribution in [0.25, 0.3) is 0 Å². The SMILES string of the molecule is OC(CN1CCOCC1)c1ccc(NCc2ccc(N3CCCCC3)cc2F)cc1. The van der Waals surface area contributed by atoms with Gasteiger partial charge < -0.3 is 20.1 Å². The van der Waals surface area contributed by atoms with Gasteiger partial charge in [-0.3, -0.25) is 4.90 Å². The number of halogens is 1. The Morgan fingerprint density at radius 1 is 0.967 bits per heavy atom. The smallest absolute Gasteiger partial charge is 0.130 e. The zero-order valence-corrected chi connectivity index (χ0v) is 17.5. The molecule has 2 aliphatic heterocycles. The molecular weight excluding hydrogens is 381 g/mol. The Labute approximate surface area is 178 Å². The van der Waals surface area contributed by atoms with Gasteiger partial charge in [0.15, 0.2) is 0 Å². The molecule has 2 aliphatic rings. The van der Waals surface area contributed by atoms with Crippen molar-refractivity contribution in [2.45, 2.75) is 31.9 Å². The summed E-state index contributed by atoms with van der Waals surface area (Å²) < 4.78 is 19.9. The molecule has 5 nitrogen and oxygen atoms in total. The van der Waals surface area contributed by atoms with Gasteiger partial charge in [-0.25, -0.2) is 4.39 Å². The fraction of sp³-hybridized carbons (Fsp3) is 0.500. The number of morpholine rings is 1. The van der Waals surface area contributed by atoms with Crippen molar-refractivity contribution in [3.8, 4) is 0 Å². The van der Waals surface area contributed by atoms with Crippen molar-refractivity contribution in [3.63, 3.8) is 0 Å². The Balaban J connectivity index is 1.30. The number of aliphatic hydroxyl groups is 1. The number of hydrogen-bond acceptors (Lipinski definition) is 5. The van der Waals surface area contributed by atoms with E-state index in [2.05, 4.69) is 15.1 Å². The Bertz CT molecular complexity index is 803. The molecule has 4 rings (SSSR count). The van der Waals surface area contributed by atoms with E-state index in [4.69, 9.17) is 4.74 Å². The lowest BCUT2D eigenvalue weighted by molar-refractivity contribution is 0.0143. The fourth-order valence-electron chi connectivity index (χ4n) is 4.18. The lowest BCUT2D eigenvalue weighted by Gasteiger charge is -2.29. The zero-order chi connectivity index (χ0) is 20.8. The molecule has 0 saturated carbocycles. The lowest BCUT2D eigenvalue weighted by Crippen LogP contribution is -2.38.